The van der Waals surface area contributed by atoms with Crippen LogP contribution in [0.5, 0.6) is 0 Å². The molecule has 0 bridgehead atoms. The minimum Gasteiger partial charge on any atom is -0.330 e. The van der Waals surface area contributed by atoms with Gasteiger partial charge in [-0.05, 0) is 44.0 Å². The van der Waals surface area contributed by atoms with E-state index in [2.05, 4.69) is 17.9 Å². The Morgan fingerprint density at radius 3 is 2.78 bits per heavy atom. The molecule has 0 aromatic carbocycles. The molecule has 1 aromatic rings. The van der Waals surface area contributed by atoms with Crippen molar-refractivity contribution in [3.05, 3.63) is 21.3 Å². The van der Waals surface area contributed by atoms with E-state index < -0.39 is 0 Å². The quantitative estimate of drug-likeness (QED) is 0.893. The van der Waals surface area contributed by atoms with Gasteiger partial charge in [0.2, 0.25) is 0 Å². The largest absolute Gasteiger partial charge is 0.330 e. The van der Waals surface area contributed by atoms with Crippen LogP contribution in [0.2, 0.25) is 4.34 Å². The van der Waals surface area contributed by atoms with Gasteiger partial charge in [0.15, 0.2) is 0 Å². The van der Waals surface area contributed by atoms with Crippen LogP contribution in [0.4, 0.5) is 0 Å². The van der Waals surface area contributed by atoms with Gasteiger partial charge in [-0.3, -0.25) is 4.90 Å². The van der Waals surface area contributed by atoms with E-state index in [1.807, 2.05) is 6.07 Å². The monoisotopic (exact) mass is 286 g/mol. The van der Waals surface area contributed by atoms with Crippen molar-refractivity contribution in [2.45, 2.75) is 45.2 Å². The normalized spacial score (nSPS) is 24.7. The second-order valence-electron chi connectivity index (χ2n) is 5.12. The summed E-state index contributed by atoms with van der Waals surface area (Å²) in [5.74, 6) is 0.675. The Hall–Kier alpha value is -0.0900. The summed E-state index contributed by atoms with van der Waals surface area (Å²) in [5.41, 5.74) is 5.94. The number of rotatable bonds is 5. The summed E-state index contributed by atoms with van der Waals surface area (Å²) in [4.78, 5) is 3.95. The first-order valence-corrected chi connectivity index (χ1v) is 8.12. The second-order valence-corrected chi connectivity index (χ2v) is 6.92. The number of nitrogens with two attached hydrogens (primary N) is 1. The molecule has 1 aromatic heterocycles. The van der Waals surface area contributed by atoms with E-state index in [1.165, 1.54) is 30.6 Å². The SMILES string of the molecule is CCN(Cc1ccc(Cl)s1)C1CCCCC1CN. The minimum atomic E-state index is 0.662. The maximum Gasteiger partial charge on any atom is 0.0931 e. The van der Waals surface area contributed by atoms with E-state index in [0.717, 1.165) is 24.0 Å². The van der Waals surface area contributed by atoms with Crippen LogP contribution in [0.25, 0.3) is 0 Å². The molecule has 2 rings (SSSR count). The topological polar surface area (TPSA) is 29.3 Å². The highest BCUT2D eigenvalue weighted by molar-refractivity contribution is 7.16. The molecule has 1 aliphatic rings. The second kappa shape index (κ2) is 6.90. The molecule has 0 aliphatic heterocycles. The summed E-state index contributed by atoms with van der Waals surface area (Å²) in [6, 6.07) is 4.81. The van der Waals surface area contributed by atoms with Crippen molar-refractivity contribution < 1.29 is 0 Å². The molecule has 2 nitrogen and oxygen atoms in total. The highest BCUT2D eigenvalue weighted by Crippen LogP contribution is 2.30. The maximum atomic E-state index is 6.01. The molecule has 1 fully saturated rings. The fourth-order valence-corrected chi connectivity index (χ4v) is 4.16. The van der Waals surface area contributed by atoms with Gasteiger partial charge in [0.25, 0.3) is 0 Å². The van der Waals surface area contributed by atoms with E-state index in [9.17, 15) is 0 Å². The Balaban J connectivity index is 2.02. The van der Waals surface area contributed by atoms with Gasteiger partial charge < -0.3 is 5.73 Å². The molecule has 1 heterocycles. The van der Waals surface area contributed by atoms with Gasteiger partial charge >= 0.3 is 0 Å². The van der Waals surface area contributed by atoms with E-state index in [4.69, 9.17) is 17.3 Å². The first-order valence-electron chi connectivity index (χ1n) is 6.93. The lowest BCUT2D eigenvalue weighted by Crippen LogP contribution is -2.44. The molecular formula is C14H23ClN2S. The molecule has 102 valence electrons. The van der Waals surface area contributed by atoms with Crippen LogP contribution in [-0.4, -0.2) is 24.0 Å². The summed E-state index contributed by atoms with van der Waals surface area (Å²) in [5, 5.41) is 0. The van der Waals surface area contributed by atoms with Gasteiger partial charge in [0.05, 0.1) is 4.34 Å². The molecule has 0 spiro atoms. The number of halogens is 1. The third-order valence-electron chi connectivity index (χ3n) is 4.03. The standard InChI is InChI=1S/C14H23ClN2S/c1-2-17(10-12-7-8-14(15)18-12)13-6-4-3-5-11(13)9-16/h7-8,11,13H,2-6,9-10,16H2,1H3. The maximum absolute atomic E-state index is 6.01. The molecule has 0 radical (unpaired) electrons. The zero-order chi connectivity index (χ0) is 13.0. The Kier molecular flexibility index (Phi) is 5.49. The third kappa shape index (κ3) is 3.47. The Morgan fingerprint density at radius 2 is 2.17 bits per heavy atom. The third-order valence-corrected chi connectivity index (χ3v) is 5.25. The first kappa shape index (κ1) is 14.3. The Labute approximate surface area is 119 Å². The molecular weight excluding hydrogens is 264 g/mol. The Morgan fingerprint density at radius 1 is 1.39 bits per heavy atom. The van der Waals surface area contributed by atoms with Crippen molar-refractivity contribution in [2.75, 3.05) is 13.1 Å². The fraction of sp³-hybridized carbons (Fsp3) is 0.714. The number of hydrogen-bond acceptors (Lipinski definition) is 3. The van der Waals surface area contributed by atoms with E-state index in [-0.39, 0.29) is 0 Å². The zero-order valence-electron chi connectivity index (χ0n) is 11.1. The van der Waals surface area contributed by atoms with Crippen LogP contribution in [0.1, 0.15) is 37.5 Å². The van der Waals surface area contributed by atoms with Crippen molar-refractivity contribution in [1.82, 2.24) is 4.90 Å². The minimum absolute atomic E-state index is 0.662. The average Bonchev–Trinajstić information content (AvgIpc) is 2.81. The predicted octanol–water partition coefficient (Wildman–Crippen LogP) is 3.74. The average molecular weight is 287 g/mol. The molecule has 2 N–H and O–H groups in total. The lowest BCUT2D eigenvalue weighted by Gasteiger charge is -2.39. The first-order chi connectivity index (χ1) is 8.74. The van der Waals surface area contributed by atoms with Crippen LogP contribution >= 0.6 is 22.9 Å². The van der Waals surface area contributed by atoms with Crippen LogP contribution in [-0.2, 0) is 6.54 Å². The van der Waals surface area contributed by atoms with Crippen LogP contribution < -0.4 is 5.73 Å². The molecule has 0 amide bonds. The highest BCUT2D eigenvalue weighted by atomic mass is 35.5. The van der Waals surface area contributed by atoms with Crippen molar-refractivity contribution in [1.29, 1.82) is 0 Å². The van der Waals surface area contributed by atoms with Crippen LogP contribution in [0.15, 0.2) is 12.1 Å². The molecule has 18 heavy (non-hydrogen) atoms. The van der Waals surface area contributed by atoms with Gasteiger partial charge in [0, 0.05) is 17.5 Å². The molecule has 1 aliphatic carbocycles. The molecule has 2 unspecified atom stereocenters. The summed E-state index contributed by atoms with van der Waals surface area (Å²) >= 11 is 7.71. The lowest BCUT2D eigenvalue weighted by atomic mass is 9.83. The number of thiophene rings is 1. The van der Waals surface area contributed by atoms with Gasteiger partial charge in [0.1, 0.15) is 0 Å². The summed E-state index contributed by atoms with van der Waals surface area (Å²) in [7, 11) is 0. The van der Waals surface area contributed by atoms with E-state index in [1.54, 1.807) is 11.3 Å². The van der Waals surface area contributed by atoms with Gasteiger partial charge in [-0.25, -0.2) is 0 Å². The van der Waals surface area contributed by atoms with Crippen molar-refractivity contribution in [2.24, 2.45) is 11.7 Å². The summed E-state index contributed by atoms with van der Waals surface area (Å²) in [6.45, 7) is 5.19. The molecule has 0 saturated heterocycles. The highest BCUT2D eigenvalue weighted by Gasteiger charge is 2.28. The fourth-order valence-electron chi connectivity index (χ4n) is 3.04. The van der Waals surface area contributed by atoms with Gasteiger partial charge in [-0.2, -0.15) is 0 Å². The van der Waals surface area contributed by atoms with E-state index >= 15 is 0 Å². The van der Waals surface area contributed by atoms with Crippen LogP contribution in [0, 0.1) is 5.92 Å². The lowest BCUT2D eigenvalue weighted by molar-refractivity contribution is 0.106. The zero-order valence-corrected chi connectivity index (χ0v) is 12.6. The predicted molar refractivity (Wildman–Crippen MR) is 80.2 cm³/mol. The van der Waals surface area contributed by atoms with Gasteiger partial charge in [-0.15, -0.1) is 11.3 Å². The smallest absolute Gasteiger partial charge is 0.0931 e. The molecule has 4 heteroatoms. The van der Waals surface area contributed by atoms with Crippen molar-refractivity contribution in [3.63, 3.8) is 0 Å². The summed E-state index contributed by atoms with van der Waals surface area (Å²) in [6.07, 6.45) is 5.29. The van der Waals surface area contributed by atoms with Crippen molar-refractivity contribution >= 4 is 22.9 Å². The van der Waals surface area contributed by atoms with Crippen molar-refractivity contribution in [3.8, 4) is 0 Å². The van der Waals surface area contributed by atoms with Crippen LogP contribution in [0.3, 0.4) is 0 Å². The van der Waals surface area contributed by atoms with Gasteiger partial charge in [-0.1, -0.05) is 31.4 Å². The summed E-state index contributed by atoms with van der Waals surface area (Å²) < 4.78 is 0.889. The molecule has 2 atom stereocenters. The van der Waals surface area contributed by atoms with E-state index in [0.29, 0.717) is 12.0 Å². The Bertz CT molecular complexity index is 366. The number of hydrogen-bond donors (Lipinski definition) is 1. The number of nitrogens with zero attached hydrogens (tertiary/aromatic N) is 1. The molecule has 1 saturated carbocycles.